The molecule has 4 rings (SSSR count). The van der Waals surface area contributed by atoms with Crippen LogP contribution in [0.15, 0.2) is 57.9 Å². The fraction of sp³-hybridized carbons (Fsp3) is 0.211. The van der Waals surface area contributed by atoms with Crippen LogP contribution in [0.2, 0.25) is 5.02 Å². The Bertz CT molecular complexity index is 942. The molecule has 3 aromatic rings. The number of carbonyl (C=O) groups excluding carboxylic acids is 1. The molecule has 0 bridgehead atoms. The Balaban J connectivity index is 1.54. The summed E-state index contributed by atoms with van der Waals surface area (Å²) in [4.78, 5) is 19.9. The van der Waals surface area contributed by atoms with Gasteiger partial charge in [-0.05, 0) is 48.7 Å². The van der Waals surface area contributed by atoms with Crippen molar-refractivity contribution in [3.63, 3.8) is 0 Å². The van der Waals surface area contributed by atoms with Gasteiger partial charge in [0.15, 0.2) is 0 Å². The van der Waals surface area contributed by atoms with Crippen molar-refractivity contribution >= 4 is 35.0 Å². The zero-order valence-electron chi connectivity index (χ0n) is 14.1. The number of hydrogen-bond acceptors (Lipinski definition) is 5. The highest BCUT2D eigenvalue weighted by Crippen LogP contribution is 2.33. The second-order valence-corrected chi connectivity index (χ2v) is 7.39. The fourth-order valence-electron chi connectivity index (χ4n) is 3.02. The molecule has 0 N–H and O–H groups in total. The Morgan fingerprint density at radius 1 is 1.23 bits per heavy atom. The van der Waals surface area contributed by atoms with Crippen molar-refractivity contribution in [1.29, 1.82) is 0 Å². The highest BCUT2D eigenvalue weighted by Gasteiger charge is 2.35. The number of benzene rings is 2. The van der Waals surface area contributed by atoms with Gasteiger partial charge in [-0.15, -0.1) is 11.8 Å². The van der Waals surface area contributed by atoms with E-state index in [1.54, 1.807) is 28.8 Å². The summed E-state index contributed by atoms with van der Waals surface area (Å²) in [6, 6.07) is 15.2. The first-order chi connectivity index (χ1) is 12.6. The highest BCUT2D eigenvalue weighted by molar-refractivity contribution is 7.98. The molecule has 2 heterocycles. The number of nitrogens with zero attached hydrogens (tertiary/aromatic N) is 3. The third-order valence-electron chi connectivity index (χ3n) is 4.38. The van der Waals surface area contributed by atoms with Gasteiger partial charge in [-0.1, -0.05) is 22.8 Å². The van der Waals surface area contributed by atoms with Gasteiger partial charge in [-0.2, -0.15) is 4.98 Å². The van der Waals surface area contributed by atoms with Crippen molar-refractivity contribution < 1.29 is 9.32 Å². The lowest BCUT2D eigenvalue weighted by molar-refractivity contribution is -0.117. The molecule has 132 valence electrons. The summed E-state index contributed by atoms with van der Waals surface area (Å²) < 4.78 is 5.43. The van der Waals surface area contributed by atoms with E-state index in [0.717, 1.165) is 16.1 Å². The van der Waals surface area contributed by atoms with Gasteiger partial charge >= 0.3 is 0 Å². The van der Waals surface area contributed by atoms with Gasteiger partial charge in [-0.3, -0.25) is 4.79 Å². The number of amides is 1. The van der Waals surface area contributed by atoms with Crippen LogP contribution < -0.4 is 4.90 Å². The van der Waals surface area contributed by atoms with E-state index in [1.807, 2.05) is 42.7 Å². The maximum Gasteiger partial charge on any atom is 0.232 e. The average molecular weight is 386 g/mol. The Labute approximate surface area is 160 Å². The summed E-state index contributed by atoms with van der Waals surface area (Å²) in [6.07, 6.45) is 2.39. The Hall–Kier alpha value is -2.31. The molecule has 0 aliphatic carbocycles. The maximum absolute atomic E-state index is 12.5. The molecule has 5 nitrogen and oxygen atoms in total. The van der Waals surface area contributed by atoms with Gasteiger partial charge in [0.25, 0.3) is 0 Å². The molecule has 0 saturated carbocycles. The van der Waals surface area contributed by atoms with E-state index in [-0.39, 0.29) is 11.8 Å². The van der Waals surface area contributed by atoms with Crippen molar-refractivity contribution in [2.75, 3.05) is 17.7 Å². The van der Waals surface area contributed by atoms with Crippen molar-refractivity contribution in [1.82, 2.24) is 10.1 Å². The zero-order valence-corrected chi connectivity index (χ0v) is 15.6. The van der Waals surface area contributed by atoms with Crippen LogP contribution in [-0.2, 0) is 4.79 Å². The summed E-state index contributed by atoms with van der Waals surface area (Å²) in [5, 5.41) is 4.70. The summed E-state index contributed by atoms with van der Waals surface area (Å²) in [5.41, 5.74) is 1.74. The lowest BCUT2D eigenvalue weighted by atomic mass is 10.1. The standard InChI is InChI=1S/C19H16ClN3O2S/c1-26-16-4-2-3-15(10-16)23-11-13(9-17(23)24)19-21-18(22-25-19)12-5-7-14(20)8-6-12/h2-8,10,13H,9,11H2,1H3. The van der Waals surface area contributed by atoms with Gasteiger partial charge in [0.05, 0.1) is 5.92 Å². The van der Waals surface area contributed by atoms with E-state index in [2.05, 4.69) is 10.1 Å². The number of carbonyl (C=O) groups is 1. The molecule has 26 heavy (non-hydrogen) atoms. The van der Waals surface area contributed by atoms with E-state index in [4.69, 9.17) is 16.1 Å². The summed E-state index contributed by atoms with van der Waals surface area (Å²) in [7, 11) is 0. The fourth-order valence-corrected chi connectivity index (χ4v) is 3.60. The molecule has 1 aliphatic rings. The SMILES string of the molecule is CSc1cccc(N2CC(c3nc(-c4ccc(Cl)cc4)no3)CC2=O)c1. The molecule has 1 aliphatic heterocycles. The van der Waals surface area contributed by atoms with Crippen LogP contribution in [0.4, 0.5) is 5.69 Å². The monoisotopic (exact) mass is 385 g/mol. The van der Waals surface area contributed by atoms with Crippen molar-refractivity contribution in [2.45, 2.75) is 17.2 Å². The van der Waals surface area contributed by atoms with Gasteiger partial charge in [0, 0.05) is 34.1 Å². The molecule has 1 atom stereocenters. The van der Waals surface area contributed by atoms with Gasteiger partial charge in [0.1, 0.15) is 0 Å². The van der Waals surface area contributed by atoms with Crippen LogP contribution in [0.25, 0.3) is 11.4 Å². The highest BCUT2D eigenvalue weighted by atomic mass is 35.5. The third-order valence-corrected chi connectivity index (χ3v) is 5.36. The smallest absolute Gasteiger partial charge is 0.232 e. The summed E-state index contributed by atoms with van der Waals surface area (Å²) in [6.45, 7) is 0.541. The van der Waals surface area contributed by atoms with E-state index in [9.17, 15) is 4.79 Å². The van der Waals surface area contributed by atoms with Crippen molar-refractivity contribution in [3.8, 4) is 11.4 Å². The predicted octanol–water partition coefficient (Wildman–Crippen LogP) is 4.63. The summed E-state index contributed by atoms with van der Waals surface area (Å²) in [5.74, 6) is 0.965. The van der Waals surface area contributed by atoms with Crippen LogP contribution >= 0.6 is 23.4 Å². The average Bonchev–Trinajstić information content (AvgIpc) is 3.29. The van der Waals surface area contributed by atoms with E-state index < -0.39 is 0 Å². The second-order valence-electron chi connectivity index (χ2n) is 6.07. The molecule has 0 spiro atoms. The van der Waals surface area contributed by atoms with Crippen LogP contribution in [-0.4, -0.2) is 28.8 Å². The van der Waals surface area contributed by atoms with Crippen LogP contribution in [0.5, 0.6) is 0 Å². The number of halogens is 1. The van der Waals surface area contributed by atoms with Crippen LogP contribution in [0.1, 0.15) is 18.2 Å². The largest absolute Gasteiger partial charge is 0.339 e. The predicted molar refractivity (Wildman–Crippen MR) is 103 cm³/mol. The Morgan fingerprint density at radius 3 is 2.81 bits per heavy atom. The number of rotatable bonds is 4. The first-order valence-corrected chi connectivity index (χ1v) is 9.78. The quantitative estimate of drug-likeness (QED) is 0.612. The lowest BCUT2D eigenvalue weighted by Crippen LogP contribution is -2.24. The molecular formula is C19H16ClN3O2S. The minimum Gasteiger partial charge on any atom is -0.339 e. The number of hydrogen-bond donors (Lipinski definition) is 0. The molecule has 1 fully saturated rings. The lowest BCUT2D eigenvalue weighted by Gasteiger charge is -2.16. The topological polar surface area (TPSA) is 59.2 Å². The number of anilines is 1. The summed E-state index contributed by atoms with van der Waals surface area (Å²) >= 11 is 7.56. The maximum atomic E-state index is 12.5. The minimum absolute atomic E-state index is 0.0690. The minimum atomic E-state index is -0.103. The molecule has 7 heteroatoms. The zero-order chi connectivity index (χ0) is 18.1. The second kappa shape index (κ2) is 7.13. The van der Waals surface area contributed by atoms with Gasteiger partial charge in [0.2, 0.25) is 17.6 Å². The van der Waals surface area contributed by atoms with Gasteiger partial charge in [-0.25, -0.2) is 0 Å². The molecule has 1 aromatic heterocycles. The normalized spacial score (nSPS) is 17.1. The van der Waals surface area contributed by atoms with Crippen LogP contribution in [0, 0.1) is 0 Å². The van der Waals surface area contributed by atoms with E-state index in [0.29, 0.717) is 29.7 Å². The number of thioether (sulfide) groups is 1. The van der Waals surface area contributed by atoms with Crippen molar-refractivity contribution in [3.05, 3.63) is 59.4 Å². The Kier molecular flexibility index (Phi) is 4.70. The van der Waals surface area contributed by atoms with Gasteiger partial charge < -0.3 is 9.42 Å². The van der Waals surface area contributed by atoms with E-state index in [1.165, 1.54) is 0 Å². The molecule has 1 unspecified atom stereocenters. The third kappa shape index (κ3) is 3.34. The first kappa shape index (κ1) is 17.1. The molecule has 0 radical (unpaired) electrons. The number of aromatic nitrogens is 2. The molecular weight excluding hydrogens is 370 g/mol. The Morgan fingerprint density at radius 2 is 2.04 bits per heavy atom. The van der Waals surface area contributed by atoms with Crippen LogP contribution in [0.3, 0.4) is 0 Å². The van der Waals surface area contributed by atoms with E-state index >= 15 is 0 Å². The first-order valence-electron chi connectivity index (χ1n) is 8.18. The molecule has 1 amide bonds. The molecule has 2 aromatic carbocycles. The van der Waals surface area contributed by atoms with Crippen molar-refractivity contribution in [2.24, 2.45) is 0 Å². The molecule has 1 saturated heterocycles.